The SMILES string of the molecule is CC#CCCNC(=O)[C@@H](N)[C@@H](C)CC. The molecule has 0 radical (unpaired) electrons. The zero-order valence-electron chi connectivity index (χ0n) is 9.26. The van der Waals surface area contributed by atoms with Gasteiger partial charge in [-0.2, -0.15) is 0 Å². The van der Waals surface area contributed by atoms with Gasteiger partial charge >= 0.3 is 0 Å². The lowest BCUT2D eigenvalue weighted by molar-refractivity contribution is -0.123. The number of carbonyl (C=O) groups is 1. The van der Waals surface area contributed by atoms with Crippen molar-refractivity contribution in [2.75, 3.05) is 6.54 Å². The van der Waals surface area contributed by atoms with Gasteiger partial charge in [-0.25, -0.2) is 0 Å². The van der Waals surface area contributed by atoms with Crippen LogP contribution in [0.15, 0.2) is 0 Å². The van der Waals surface area contributed by atoms with Crippen LogP contribution >= 0.6 is 0 Å². The first-order valence-electron chi connectivity index (χ1n) is 5.06. The minimum Gasteiger partial charge on any atom is -0.354 e. The lowest BCUT2D eigenvalue weighted by Gasteiger charge is -2.17. The maximum Gasteiger partial charge on any atom is 0.237 e. The fourth-order valence-electron chi connectivity index (χ4n) is 1.00. The van der Waals surface area contributed by atoms with Crippen LogP contribution in [0, 0.1) is 17.8 Å². The Balaban J connectivity index is 3.76. The minimum absolute atomic E-state index is 0.0720. The fourth-order valence-corrected chi connectivity index (χ4v) is 1.00. The van der Waals surface area contributed by atoms with Gasteiger partial charge in [-0.3, -0.25) is 4.79 Å². The van der Waals surface area contributed by atoms with E-state index in [1.807, 2.05) is 13.8 Å². The predicted octanol–water partition coefficient (Wildman–Crippen LogP) is 0.889. The van der Waals surface area contributed by atoms with Crippen molar-refractivity contribution in [1.82, 2.24) is 5.32 Å². The monoisotopic (exact) mass is 196 g/mol. The first kappa shape index (κ1) is 13.0. The molecule has 3 heteroatoms. The number of hydrogen-bond acceptors (Lipinski definition) is 2. The van der Waals surface area contributed by atoms with Crippen LogP contribution in [0.2, 0.25) is 0 Å². The summed E-state index contributed by atoms with van der Waals surface area (Å²) < 4.78 is 0. The Morgan fingerprint density at radius 2 is 2.21 bits per heavy atom. The van der Waals surface area contributed by atoms with Gasteiger partial charge in [-0.05, 0) is 12.8 Å². The summed E-state index contributed by atoms with van der Waals surface area (Å²) in [5.41, 5.74) is 5.74. The molecule has 0 aliphatic rings. The third kappa shape index (κ3) is 4.88. The quantitative estimate of drug-likeness (QED) is 0.507. The summed E-state index contributed by atoms with van der Waals surface area (Å²) in [4.78, 5) is 11.4. The molecule has 2 atom stereocenters. The average molecular weight is 196 g/mol. The molecular weight excluding hydrogens is 176 g/mol. The Hall–Kier alpha value is -1.01. The van der Waals surface area contributed by atoms with Gasteiger partial charge in [-0.15, -0.1) is 11.8 Å². The Morgan fingerprint density at radius 3 is 2.71 bits per heavy atom. The van der Waals surface area contributed by atoms with Crippen molar-refractivity contribution >= 4 is 5.91 Å². The van der Waals surface area contributed by atoms with Gasteiger partial charge in [0.1, 0.15) is 0 Å². The molecule has 14 heavy (non-hydrogen) atoms. The van der Waals surface area contributed by atoms with Crippen LogP contribution in [0.25, 0.3) is 0 Å². The molecule has 0 bridgehead atoms. The summed E-state index contributed by atoms with van der Waals surface area (Å²) in [5, 5.41) is 2.77. The molecule has 0 aliphatic heterocycles. The van der Waals surface area contributed by atoms with E-state index in [-0.39, 0.29) is 11.8 Å². The van der Waals surface area contributed by atoms with E-state index in [4.69, 9.17) is 5.73 Å². The Morgan fingerprint density at radius 1 is 1.57 bits per heavy atom. The molecule has 0 saturated heterocycles. The highest BCUT2D eigenvalue weighted by Crippen LogP contribution is 2.04. The molecule has 0 rings (SSSR count). The van der Waals surface area contributed by atoms with Gasteiger partial charge in [0.05, 0.1) is 6.04 Å². The summed E-state index contributed by atoms with van der Waals surface area (Å²) in [6.45, 7) is 6.38. The molecule has 0 saturated carbocycles. The normalized spacial score (nSPS) is 13.7. The summed E-state index contributed by atoms with van der Waals surface area (Å²) in [7, 11) is 0. The molecule has 3 N–H and O–H groups in total. The van der Waals surface area contributed by atoms with Crippen LogP contribution in [0.3, 0.4) is 0 Å². The smallest absolute Gasteiger partial charge is 0.237 e. The maximum absolute atomic E-state index is 11.4. The molecule has 0 aromatic heterocycles. The summed E-state index contributed by atoms with van der Waals surface area (Å²) in [6, 6.07) is -0.394. The van der Waals surface area contributed by atoms with Crippen molar-refractivity contribution in [3.63, 3.8) is 0 Å². The molecule has 0 heterocycles. The lowest BCUT2D eigenvalue weighted by atomic mass is 9.99. The molecule has 0 aromatic rings. The van der Waals surface area contributed by atoms with E-state index in [1.165, 1.54) is 0 Å². The van der Waals surface area contributed by atoms with E-state index >= 15 is 0 Å². The van der Waals surface area contributed by atoms with Crippen LogP contribution in [-0.4, -0.2) is 18.5 Å². The van der Waals surface area contributed by atoms with E-state index in [2.05, 4.69) is 17.2 Å². The van der Waals surface area contributed by atoms with E-state index in [9.17, 15) is 4.79 Å². The van der Waals surface area contributed by atoms with Crippen molar-refractivity contribution in [1.29, 1.82) is 0 Å². The Labute approximate surface area is 86.4 Å². The first-order chi connectivity index (χ1) is 6.63. The summed E-state index contributed by atoms with van der Waals surface area (Å²) >= 11 is 0. The molecular formula is C11H20N2O. The second-order valence-electron chi connectivity index (χ2n) is 3.38. The molecule has 80 valence electrons. The van der Waals surface area contributed by atoms with Crippen molar-refractivity contribution in [3.05, 3.63) is 0 Å². The van der Waals surface area contributed by atoms with Crippen molar-refractivity contribution in [3.8, 4) is 11.8 Å². The van der Waals surface area contributed by atoms with Gasteiger partial charge in [0.2, 0.25) is 5.91 Å². The number of carbonyl (C=O) groups excluding carboxylic acids is 1. The predicted molar refractivity (Wildman–Crippen MR) is 58.5 cm³/mol. The van der Waals surface area contributed by atoms with Crippen LogP contribution in [-0.2, 0) is 4.79 Å². The topological polar surface area (TPSA) is 55.1 Å². The van der Waals surface area contributed by atoms with Gasteiger partial charge in [0.25, 0.3) is 0 Å². The number of rotatable bonds is 5. The van der Waals surface area contributed by atoms with Crippen LogP contribution in [0.1, 0.15) is 33.6 Å². The van der Waals surface area contributed by atoms with Gasteiger partial charge in [-0.1, -0.05) is 20.3 Å². The first-order valence-corrected chi connectivity index (χ1v) is 5.06. The van der Waals surface area contributed by atoms with E-state index in [1.54, 1.807) is 6.92 Å². The highest BCUT2D eigenvalue weighted by Gasteiger charge is 2.18. The molecule has 3 nitrogen and oxygen atoms in total. The second kappa shape index (κ2) is 7.40. The molecule has 0 aliphatic carbocycles. The lowest BCUT2D eigenvalue weighted by Crippen LogP contribution is -2.44. The van der Waals surface area contributed by atoms with E-state index in [0.29, 0.717) is 13.0 Å². The highest BCUT2D eigenvalue weighted by molar-refractivity contribution is 5.81. The summed E-state index contributed by atoms with van der Waals surface area (Å²) in [5.74, 6) is 5.81. The van der Waals surface area contributed by atoms with Gasteiger partial charge < -0.3 is 11.1 Å². The average Bonchev–Trinajstić information content (AvgIpc) is 2.21. The van der Waals surface area contributed by atoms with Crippen molar-refractivity contribution in [2.24, 2.45) is 11.7 Å². The molecule has 0 unspecified atom stereocenters. The van der Waals surface area contributed by atoms with Gasteiger partial charge in [0, 0.05) is 13.0 Å². The third-order valence-electron chi connectivity index (χ3n) is 2.29. The standard InChI is InChI=1S/C11H20N2O/c1-4-6-7-8-13-11(14)10(12)9(3)5-2/h9-10H,5,7-8,12H2,1-3H3,(H,13,14)/t9-,10-/m0/s1. The molecule has 1 amide bonds. The van der Waals surface area contributed by atoms with Crippen molar-refractivity contribution in [2.45, 2.75) is 39.7 Å². The third-order valence-corrected chi connectivity index (χ3v) is 2.29. The minimum atomic E-state index is -0.394. The number of hydrogen-bond donors (Lipinski definition) is 2. The number of nitrogens with two attached hydrogens (primary N) is 1. The Bertz CT molecular complexity index is 227. The number of nitrogens with one attached hydrogen (secondary N) is 1. The van der Waals surface area contributed by atoms with Crippen LogP contribution < -0.4 is 11.1 Å². The molecule has 0 fully saturated rings. The highest BCUT2D eigenvalue weighted by atomic mass is 16.2. The largest absolute Gasteiger partial charge is 0.354 e. The maximum atomic E-state index is 11.4. The molecule has 0 aromatic carbocycles. The van der Waals surface area contributed by atoms with Crippen LogP contribution in [0.5, 0.6) is 0 Å². The van der Waals surface area contributed by atoms with Gasteiger partial charge in [0.15, 0.2) is 0 Å². The summed E-state index contributed by atoms with van der Waals surface area (Å²) in [6.07, 6.45) is 1.61. The van der Waals surface area contributed by atoms with Crippen molar-refractivity contribution < 1.29 is 4.79 Å². The zero-order chi connectivity index (χ0) is 11.0. The zero-order valence-corrected chi connectivity index (χ0v) is 9.26. The van der Waals surface area contributed by atoms with E-state index < -0.39 is 6.04 Å². The van der Waals surface area contributed by atoms with Crippen LogP contribution in [0.4, 0.5) is 0 Å². The fraction of sp³-hybridized carbons (Fsp3) is 0.727. The van der Waals surface area contributed by atoms with E-state index in [0.717, 1.165) is 6.42 Å². The number of amides is 1. The second-order valence-corrected chi connectivity index (χ2v) is 3.38. The Kier molecular flexibility index (Phi) is 6.87. The molecule has 0 spiro atoms.